The number of aryl methyl sites for hydroxylation is 2. The van der Waals surface area contributed by atoms with Gasteiger partial charge < -0.3 is 15.1 Å². The van der Waals surface area contributed by atoms with Crippen LogP contribution in [0.15, 0.2) is 15.5 Å². The van der Waals surface area contributed by atoms with E-state index in [1.807, 2.05) is 33.8 Å². The molecule has 2 rings (SSSR count). The molecule has 1 aliphatic heterocycles. The van der Waals surface area contributed by atoms with Crippen molar-refractivity contribution in [1.82, 2.24) is 14.9 Å². The van der Waals surface area contributed by atoms with Crippen molar-refractivity contribution >= 4 is 16.0 Å². The van der Waals surface area contributed by atoms with Crippen molar-refractivity contribution in [1.29, 1.82) is 0 Å². The third kappa shape index (κ3) is 5.74. The van der Waals surface area contributed by atoms with E-state index < -0.39 is 10.0 Å². The first-order valence-electron chi connectivity index (χ1n) is 9.44. The zero-order chi connectivity index (χ0) is 19.2. The molecule has 0 aromatic carbocycles. The fraction of sp³-hybridized carbons (Fsp3) is 0.722. The lowest BCUT2D eigenvalue weighted by molar-refractivity contribution is 0.306. The van der Waals surface area contributed by atoms with E-state index in [-0.39, 0.29) is 11.8 Å². The minimum Gasteiger partial charge on any atom is -0.466 e. The van der Waals surface area contributed by atoms with Crippen LogP contribution in [0.3, 0.4) is 0 Å². The molecule has 8 heteroatoms. The van der Waals surface area contributed by atoms with Gasteiger partial charge in [0.15, 0.2) is 5.96 Å². The smallest absolute Gasteiger partial charge is 0.214 e. The van der Waals surface area contributed by atoms with Crippen LogP contribution in [0.2, 0.25) is 0 Å². The van der Waals surface area contributed by atoms with E-state index in [1.165, 1.54) is 0 Å². The molecule has 0 atom stereocenters. The lowest BCUT2D eigenvalue weighted by atomic mass is 10.1. The standard InChI is InChI=1S/C18H32N4O3S/c1-5-11-26(23,24)22-9-7-17(8-10-22)21-18(19-6-2)20-13-16-12-14(3)25-15(16)4/h12,17H,5-11,13H2,1-4H3,(H2,19,20,21). The third-order valence-corrected chi connectivity index (χ3v) is 6.62. The molecular formula is C18H32N4O3S. The number of nitrogens with one attached hydrogen (secondary N) is 2. The molecule has 0 bridgehead atoms. The molecule has 1 aliphatic rings. The molecule has 1 aromatic heterocycles. The maximum atomic E-state index is 12.2. The van der Waals surface area contributed by atoms with E-state index in [1.54, 1.807) is 4.31 Å². The zero-order valence-electron chi connectivity index (χ0n) is 16.3. The van der Waals surface area contributed by atoms with Crippen molar-refractivity contribution in [3.05, 3.63) is 23.2 Å². The zero-order valence-corrected chi connectivity index (χ0v) is 17.2. The number of aliphatic imine (C=N–C) groups is 1. The summed E-state index contributed by atoms with van der Waals surface area (Å²) in [6.45, 7) is 10.3. The largest absolute Gasteiger partial charge is 0.466 e. The minimum absolute atomic E-state index is 0.230. The van der Waals surface area contributed by atoms with E-state index in [4.69, 9.17) is 4.42 Å². The molecule has 0 amide bonds. The van der Waals surface area contributed by atoms with Crippen LogP contribution in [0.4, 0.5) is 0 Å². The molecule has 26 heavy (non-hydrogen) atoms. The number of furan rings is 1. The molecular weight excluding hydrogens is 352 g/mol. The summed E-state index contributed by atoms with van der Waals surface area (Å²) in [5, 5.41) is 6.71. The van der Waals surface area contributed by atoms with Gasteiger partial charge in [-0.05, 0) is 46.1 Å². The molecule has 1 fully saturated rings. The van der Waals surface area contributed by atoms with Crippen LogP contribution in [0.25, 0.3) is 0 Å². The summed E-state index contributed by atoms with van der Waals surface area (Å²) in [4.78, 5) is 4.65. The molecule has 148 valence electrons. The fourth-order valence-corrected chi connectivity index (χ4v) is 4.72. The van der Waals surface area contributed by atoms with Gasteiger partial charge in [-0.3, -0.25) is 0 Å². The van der Waals surface area contributed by atoms with Gasteiger partial charge in [-0.25, -0.2) is 17.7 Å². The first-order chi connectivity index (χ1) is 12.4. The Morgan fingerprint density at radius 3 is 2.54 bits per heavy atom. The highest BCUT2D eigenvalue weighted by Gasteiger charge is 2.27. The number of sulfonamides is 1. The lowest BCUT2D eigenvalue weighted by Crippen LogP contribution is -2.50. The number of rotatable bonds is 7. The van der Waals surface area contributed by atoms with Gasteiger partial charge in [0.2, 0.25) is 10.0 Å². The number of nitrogens with zero attached hydrogens (tertiary/aromatic N) is 2. The van der Waals surface area contributed by atoms with Crippen molar-refractivity contribution < 1.29 is 12.8 Å². The summed E-state index contributed by atoms with van der Waals surface area (Å²) in [6.07, 6.45) is 2.24. The number of piperidine rings is 1. The molecule has 0 radical (unpaired) electrons. The van der Waals surface area contributed by atoms with Gasteiger partial charge in [-0.2, -0.15) is 0 Å². The Labute approximate surface area is 157 Å². The van der Waals surface area contributed by atoms with Gasteiger partial charge in [0, 0.05) is 31.2 Å². The first-order valence-corrected chi connectivity index (χ1v) is 11.0. The van der Waals surface area contributed by atoms with Crippen molar-refractivity contribution in [3.63, 3.8) is 0 Å². The van der Waals surface area contributed by atoms with E-state index in [9.17, 15) is 8.42 Å². The molecule has 1 saturated heterocycles. The van der Waals surface area contributed by atoms with Crippen LogP contribution in [0.5, 0.6) is 0 Å². The highest BCUT2D eigenvalue weighted by Crippen LogP contribution is 2.16. The first kappa shape index (κ1) is 20.8. The summed E-state index contributed by atoms with van der Waals surface area (Å²) in [5.41, 5.74) is 1.08. The second-order valence-electron chi connectivity index (χ2n) is 6.77. The maximum absolute atomic E-state index is 12.2. The van der Waals surface area contributed by atoms with Gasteiger partial charge >= 0.3 is 0 Å². The topological polar surface area (TPSA) is 86.9 Å². The van der Waals surface area contributed by atoms with Gasteiger partial charge in [0.1, 0.15) is 11.5 Å². The van der Waals surface area contributed by atoms with Crippen molar-refractivity contribution in [2.24, 2.45) is 4.99 Å². The highest BCUT2D eigenvalue weighted by molar-refractivity contribution is 7.89. The summed E-state index contributed by atoms with van der Waals surface area (Å²) in [7, 11) is -3.09. The van der Waals surface area contributed by atoms with E-state index in [2.05, 4.69) is 15.6 Å². The number of guanidine groups is 1. The van der Waals surface area contributed by atoms with Crippen LogP contribution in [0.1, 0.15) is 50.2 Å². The highest BCUT2D eigenvalue weighted by atomic mass is 32.2. The monoisotopic (exact) mass is 384 g/mol. The molecule has 2 heterocycles. The van der Waals surface area contributed by atoms with E-state index in [0.717, 1.165) is 42.4 Å². The van der Waals surface area contributed by atoms with E-state index >= 15 is 0 Å². The third-order valence-electron chi connectivity index (χ3n) is 4.55. The fourth-order valence-electron chi connectivity index (χ4n) is 3.18. The quantitative estimate of drug-likeness (QED) is 0.556. The van der Waals surface area contributed by atoms with Gasteiger partial charge in [-0.15, -0.1) is 0 Å². The Balaban J connectivity index is 1.92. The average Bonchev–Trinajstić information content (AvgIpc) is 2.91. The predicted molar refractivity (Wildman–Crippen MR) is 105 cm³/mol. The van der Waals surface area contributed by atoms with E-state index in [0.29, 0.717) is 26.1 Å². The summed E-state index contributed by atoms with van der Waals surface area (Å²) < 4.78 is 31.5. The van der Waals surface area contributed by atoms with Crippen LogP contribution in [-0.4, -0.2) is 50.1 Å². The van der Waals surface area contributed by atoms with Gasteiger partial charge in [0.25, 0.3) is 0 Å². The normalized spacial score (nSPS) is 17.5. The molecule has 1 aromatic rings. The molecule has 7 nitrogen and oxygen atoms in total. The summed E-state index contributed by atoms with van der Waals surface area (Å²) in [5.74, 6) is 2.79. The number of hydrogen-bond acceptors (Lipinski definition) is 4. The molecule has 0 saturated carbocycles. The van der Waals surface area contributed by atoms with Crippen molar-refractivity contribution in [2.45, 2.75) is 59.5 Å². The molecule has 2 N–H and O–H groups in total. The van der Waals surface area contributed by atoms with Crippen LogP contribution >= 0.6 is 0 Å². The Hall–Kier alpha value is -1.54. The van der Waals surface area contributed by atoms with Gasteiger partial charge in [0.05, 0.1) is 12.3 Å². The second kappa shape index (κ2) is 9.41. The van der Waals surface area contributed by atoms with Gasteiger partial charge in [-0.1, -0.05) is 6.92 Å². The molecule has 0 unspecified atom stereocenters. The Kier molecular flexibility index (Phi) is 7.52. The van der Waals surface area contributed by atoms with Crippen molar-refractivity contribution in [2.75, 3.05) is 25.4 Å². The predicted octanol–water partition coefficient (Wildman–Crippen LogP) is 2.16. The maximum Gasteiger partial charge on any atom is 0.214 e. The Bertz CT molecular complexity index is 704. The SMILES string of the molecule is CCCS(=O)(=O)N1CCC(NC(=NCc2cc(C)oc2C)NCC)CC1. The second-order valence-corrected chi connectivity index (χ2v) is 8.86. The molecule has 0 aliphatic carbocycles. The summed E-state index contributed by atoms with van der Waals surface area (Å²) >= 11 is 0. The van der Waals surface area contributed by atoms with Crippen LogP contribution < -0.4 is 10.6 Å². The number of hydrogen-bond donors (Lipinski definition) is 2. The van der Waals surface area contributed by atoms with Crippen LogP contribution in [-0.2, 0) is 16.6 Å². The molecule has 0 spiro atoms. The Morgan fingerprint density at radius 2 is 2.00 bits per heavy atom. The van der Waals surface area contributed by atoms with Crippen LogP contribution in [0, 0.1) is 13.8 Å². The lowest BCUT2D eigenvalue weighted by Gasteiger charge is -2.32. The average molecular weight is 385 g/mol. The van der Waals surface area contributed by atoms with Crippen molar-refractivity contribution in [3.8, 4) is 0 Å². The minimum atomic E-state index is -3.09. The summed E-state index contributed by atoms with van der Waals surface area (Å²) in [6, 6.07) is 2.24. The Morgan fingerprint density at radius 1 is 1.31 bits per heavy atom.